The van der Waals surface area contributed by atoms with E-state index in [2.05, 4.69) is 30.6 Å². The van der Waals surface area contributed by atoms with Gasteiger partial charge in [-0.2, -0.15) is 5.10 Å². The summed E-state index contributed by atoms with van der Waals surface area (Å²) >= 11 is 0. The normalized spacial score (nSPS) is 14.6. The number of azo groups is 1. The third-order valence-corrected chi connectivity index (χ3v) is 5.17. The second kappa shape index (κ2) is 7.91. The van der Waals surface area contributed by atoms with E-state index in [-0.39, 0.29) is 23.1 Å². The number of carbonyl (C=O) groups is 1. The minimum absolute atomic E-state index is 0.00559. The first-order valence-corrected chi connectivity index (χ1v) is 9.95. The van der Waals surface area contributed by atoms with Crippen molar-refractivity contribution in [3.8, 4) is 22.4 Å². The van der Waals surface area contributed by atoms with Gasteiger partial charge in [0.05, 0.1) is 5.39 Å². The first-order valence-electron chi connectivity index (χ1n) is 9.95. The third-order valence-electron chi connectivity index (χ3n) is 5.17. The van der Waals surface area contributed by atoms with Crippen LogP contribution in [0, 0.1) is 0 Å². The van der Waals surface area contributed by atoms with Gasteiger partial charge in [0.2, 0.25) is 5.82 Å². The first-order chi connectivity index (χ1) is 15.2. The maximum absolute atomic E-state index is 12.1. The largest absolute Gasteiger partial charge is 0.510 e. The van der Waals surface area contributed by atoms with Crippen molar-refractivity contribution in [1.29, 1.82) is 0 Å². The molecule has 2 aromatic carbocycles. The van der Waals surface area contributed by atoms with E-state index in [1.807, 2.05) is 60.7 Å². The van der Waals surface area contributed by atoms with E-state index in [9.17, 15) is 9.90 Å². The molecule has 2 aromatic heterocycles. The maximum Gasteiger partial charge on any atom is 0.205 e. The number of aliphatic hydroxyl groups is 1. The summed E-state index contributed by atoms with van der Waals surface area (Å²) < 4.78 is 0. The minimum Gasteiger partial charge on any atom is -0.510 e. The molecular formula is C23H18N6O2. The quantitative estimate of drug-likeness (QED) is 0.443. The van der Waals surface area contributed by atoms with Crippen LogP contribution in [0.3, 0.4) is 0 Å². The molecule has 0 bridgehead atoms. The van der Waals surface area contributed by atoms with Crippen LogP contribution < -0.4 is 0 Å². The number of nitrogens with zero attached hydrogens (tertiary/aromatic N) is 5. The molecular weight excluding hydrogens is 392 g/mol. The van der Waals surface area contributed by atoms with Crippen LogP contribution in [-0.4, -0.2) is 31.3 Å². The standard InChI is InChI=1S/C23H18N6O2/c30-16-12-7-13-17(31)21(16)25-27-23-19-18(14-8-3-1-4-9-14)20(15-10-5-2-6-11-15)24-26-22(19)28-29-23/h1-6,8-11,30H,7,12-13H2,(H,26,28,29). The zero-order valence-corrected chi connectivity index (χ0v) is 16.5. The molecule has 8 nitrogen and oxygen atoms in total. The van der Waals surface area contributed by atoms with Gasteiger partial charge in [0.15, 0.2) is 17.1 Å². The molecule has 8 heteroatoms. The highest BCUT2D eigenvalue weighted by molar-refractivity contribution is 6.04. The highest BCUT2D eigenvalue weighted by Crippen LogP contribution is 2.39. The predicted octanol–water partition coefficient (Wildman–Crippen LogP) is 5.29. The molecule has 0 saturated heterocycles. The average Bonchev–Trinajstić information content (AvgIpc) is 3.22. The van der Waals surface area contributed by atoms with Gasteiger partial charge in [0.1, 0.15) is 11.5 Å². The molecule has 1 aliphatic rings. The summed E-state index contributed by atoms with van der Waals surface area (Å²) in [7, 11) is 0. The van der Waals surface area contributed by atoms with E-state index in [0.29, 0.717) is 36.0 Å². The Morgan fingerprint density at radius 3 is 2.29 bits per heavy atom. The number of fused-ring (bicyclic) bond motifs is 1. The fourth-order valence-corrected chi connectivity index (χ4v) is 3.68. The summed E-state index contributed by atoms with van der Waals surface area (Å²) in [6.45, 7) is 0. The Balaban J connectivity index is 1.73. The summed E-state index contributed by atoms with van der Waals surface area (Å²) in [5.74, 6) is 0.0212. The number of aromatic amines is 1. The van der Waals surface area contributed by atoms with Crippen molar-refractivity contribution in [2.24, 2.45) is 10.2 Å². The first kappa shape index (κ1) is 18.8. The van der Waals surface area contributed by atoms with Gasteiger partial charge in [-0.3, -0.25) is 9.89 Å². The molecule has 0 amide bonds. The summed E-state index contributed by atoms with van der Waals surface area (Å²) in [6.07, 6.45) is 1.38. The van der Waals surface area contributed by atoms with Gasteiger partial charge in [-0.1, -0.05) is 60.7 Å². The number of H-pyrrole nitrogens is 1. The SMILES string of the molecule is O=C1CCCC(O)=C1N=Nc1n[nH]c2nnc(-c3ccccc3)c(-c3ccccc3)c12. The molecule has 5 rings (SSSR count). The third kappa shape index (κ3) is 3.48. The number of benzene rings is 2. The Morgan fingerprint density at radius 2 is 1.58 bits per heavy atom. The Labute approximate surface area is 177 Å². The highest BCUT2D eigenvalue weighted by atomic mass is 16.3. The Hall–Kier alpha value is -4.20. The number of ketones is 1. The van der Waals surface area contributed by atoms with Crippen molar-refractivity contribution in [2.75, 3.05) is 0 Å². The van der Waals surface area contributed by atoms with Crippen molar-refractivity contribution in [3.05, 3.63) is 72.1 Å². The summed E-state index contributed by atoms with van der Waals surface area (Å²) in [4.78, 5) is 12.1. The minimum atomic E-state index is -0.222. The maximum atomic E-state index is 12.1. The van der Waals surface area contributed by atoms with Crippen molar-refractivity contribution in [2.45, 2.75) is 19.3 Å². The van der Waals surface area contributed by atoms with Gasteiger partial charge >= 0.3 is 0 Å². The summed E-state index contributed by atoms with van der Waals surface area (Å²) in [5.41, 5.74) is 3.79. The molecule has 152 valence electrons. The van der Waals surface area contributed by atoms with Gasteiger partial charge < -0.3 is 5.11 Å². The van der Waals surface area contributed by atoms with E-state index in [4.69, 9.17) is 0 Å². The summed E-state index contributed by atoms with van der Waals surface area (Å²) in [5, 5.41) is 34.8. The molecule has 0 unspecified atom stereocenters. The van der Waals surface area contributed by atoms with Gasteiger partial charge in [-0.15, -0.1) is 20.4 Å². The average molecular weight is 410 g/mol. The van der Waals surface area contributed by atoms with Crippen molar-refractivity contribution in [3.63, 3.8) is 0 Å². The van der Waals surface area contributed by atoms with E-state index in [1.54, 1.807) is 0 Å². The number of hydrogen-bond acceptors (Lipinski definition) is 7. The fraction of sp³-hybridized carbons (Fsp3) is 0.130. The van der Waals surface area contributed by atoms with Crippen LogP contribution in [0.5, 0.6) is 0 Å². The summed E-state index contributed by atoms with van der Waals surface area (Å²) in [6, 6.07) is 19.5. The van der Waals surface area contributed by atoms with Crippen molar-refractivity contribution in [1.82, 2.24) is 20.4 Å². The molecule has 31 heavy (non-hydrogen) atoms. The van der Waals surface area contributed by atoms with Crippen LogP contribution in [0.1, 0.15) is 19.3 Å². The molecule has 2 N–H and O–H groups in total. The molecule has 2 heterocycles. The van der Waals surface area contributed by atoms with Crippen LogP contribution in [0.15, 0.2) is 82.3 Å². The molecule has 0 radical (unpaired) electrons. The van der Waals surface area contributed by atoms with Gasteiger partial charge in [-0.25, -0.2) is 0 Å². The van der Waals surface area contributed by atoms with Gasteiger partial charge in [0, 0.05) is 24.0 Å². The zero-order chi connectivity index (χ0) is 21.2. The van der Waals surface area contributed by atoms with Crippen LogP contribution in [0.25, 0.3) is 33.4 Å². The van der Waals surface area contributed by atoms with Crippen LogP contribution in [0.2, 0.25) is 0 Å². The lowest BCUT2D eigenvalue weighted by molar-refractivity contribution is -0.116. The van der Waals surface area contributed by atoms with E-state index >= 15 is 0 Å². The predicted molar refractivity (Wildman–Crippen MR) is 116 cm³/mol. The number of Topliss-reactive ketones (excluding diaryl/α,β-unsaturated/α-hetero) is 1. The van der Waals surface area contributed by atoms with Crippen molar-refractivity contribution >= 4 is 22.6 Å². The highest BCUT2D eigenvalue weighted by Gasteiger charge is 2.22. The number of aromatic nitrogens is 4. The van der Waals surface area contributed by atoms with Crippen LogP contribution >= 0.6 is 0 Å². The van der Waals surface area contributed by atoms with Crippen LogP contribution in [-0.2, 0) is 4.79 Å². The second-order valence-electron chi connectivity index (χ2n) is 7.20. The number of carbonyl (C=O) groups excluding carboxylic acids is 1. The second-order valence-corrected chi connectivity index (χ2v) is 7.20. The molecule has 0 spiro atoms. The molecule has 0 saturated carbocycles. The fourth-order valence-electron chi connectivity index (χ4n) is 3.68. The molecule has 0 atom stereocenters. The Bertz CT molecular complexity index is 1330. The molecule has 0 aliphatic heterocycles. The van der Waals surface area contributed by atoms with Crippen LogP contribution in [0.4, 0.5) is 5.82 Å². The topological polar surface area (TPSA) is 116 Å². The van der Waals surface area contributed by atoms with Gasteiger partial charge in [0.25, 0.3) is 0 Å². The van der Waals surface area contributed by atoms with Crippen molar-refractivity contribution < 1.29 is 9.90 Å². The number of hydrogen-bond donors (Lipinski definition) is 2. The number of aliphatic hydroxyl groups excluding tert-OH is 1. The molecule has 0 fully saturated rings. The van der Waals surface area contributed by atoms with Gasteiger partial charge in [-0.05, 0) is 12.0 Å². The number of rotatable bonds is 4. The van der Waals surface area contributed by atoms with E-state index in [0.717, 1.165) is 16.7 Å². The molecule has 1 aliphatic carbocycles. The Morgan fingerprint density at radius 1 is 0.871 bits per heavy atom. The Kier molecular flexibility index (Phi) is 4.80. The van der Waals surface area contributed by atoms with E-state index < -0.39 is 0 Å². The number of allylic oxidation sites excluding steroid dienone is 2. The molecule has 4 aromatic rings. The smallest absolute Gasteiger partial charge is 0.205 e. The van der Waals surface area contributed by atoms with E-state index in [1.165, 1.54) is 0 Å². The zero-order valence-electron chi connectivity index (χ0n) is 16.5. The lowest BCUT2D eigenvalue weighted by atomic mass is 9.97. The lowest BCUT2D eigenvalue weighted by Crippen LogP contribution is -2.09. The monoisotopic (exact) mass is 410 g/mol. The lowest BCUT2D eigenvalue weighted by Gasteiger charge is -2.11. The number of nitrogens with one attached hydrogen (secondary N) is 1.